The van der Waals surface area contributed by atoms with Crippen LogP contribution in [0.2, 0.25) is 0 Å². The molecule has 5 rings (SSSR count). The second-order valence-electron chi connectivity index (χ2n) is 14.1. The van der Waals surface area contributed by atoms with Gasteiger partial charge in [0.05, 0.1) is 5.56 Å². The number of piperidine rings is 2. The van der Waals surface area contributed by atoms with Crippen molar-refractivity contribution in [1.82, 2.24) is 19.6 Å². The first-order chi connectivity index (χ1) is 23.5. The summed E-state index contributed by atoms with van der Waals surface area (Å²) in [4.78, 5) is 49.6. The van der Waals surface area contributed by atoms with Gasteiger partial charge in [-0.1, -0.05) is 92.2 Å². The summed E-state index contributed by atoms with van der Waals surface area (Å²) >= 11 is 0. The molecule has 0 unspecified atom stereocenters. The van der Waals surface area contributed by atoms with Crippen molar-refractivity contribution >= 4 is 17.8 Å². The Labute approximate surface area is 291 Å². The van der Waals surface area contributed by atoms with Crippen molar-refractivity contribution in [2.24, 2.45) is 11.8 Å². The molecule has 2 amide bonds. The van der Waals surface area contributed by atoms with Crippen molar-refractivity contribution in [3.05, 3.63) is 107 Å². The maximum atomic E-state index is 14.3. The fraction of sp³-hybridized carbons (Fsp3) is 0.475. The minimum absolute atomic E-state index is 0.170. The van der Waals surface area contributed by atoms with Gasteiger partial charge in [0.25, 0.3) is 11.8 Å². The van der Waals surface area contributed by atoms with Gasteiger partial charge in [-0.3, -0.25) is 19.4 Å². The first-order valence-electron chi connectivity index (χ1n) is 17.5. The average molecular weight is 669 g/mol. The lowest BCUT2D eigenvalue weighted by Crippen LogP contribution is -2.60. The van der Waals surface area contributed by atoms with E-state index in [0.29, 0.717) is 13.1 Å². The molecular formula is C40H52N4O5. The summed E-state index contributed by atoms with van der Waals surface area (Å²) in [6, 6.07) is 26.9. The van der Waals surface area contributed by atoms with Crippen LogP contribution in [0, 0.1) is 18.8 Å². The van der Waals surface area contributed by atoms with E-state index in [1.165, 1.54) is 11.1 Å². The summed E-state index contributed by atoms with van der Waals surface area (Å²) in [6.07, 6.45) is -1.81. The lowest BCUT2D eigenvalue weighted by Gasteiger charge is -2.44. The van der Waals surface area contributed by atoms with Crippen LogP contribution in [0.25, 0.3) is 0 Å². The number of aryl methyl sites for hydroxylation is 1. The number of carbonyl (C=O) groups is 3. The fourth-order valence-corrected chi connectivity index (χ4v) is 7.20. The van der Waals surface area contributed by atoms with Crippen molar-refractivity contribution in [3.63, 3.8) is 0 Å². The zero-order valence-corrected chi connectivity index (χ0v) is 29.6. The van der Waals surface area contributed by atoms with Gasteiger partial charge in [0, 0.05) is 52.4 Å². The Morgan fingerprint density at radius 2 is 1.18 bits per heavy atom. The van der Waals surface area contributed by atoms with E-state index in [-0.39, 0.29) is 29.5 Å². The molecule has 0 aliphatic carbocycles. The summed E-state index contributed by atoms with van der Waals surface area (Å²) in [5.41, 5.74) is 3.60. The summed E-state index contributed by atoms with van der Waals surface area (Å²) in [5, 5.41) is 11.7. The van der Waals surface area contributed by atoms with Crippen LogP contribution in [-0.2, 0) is 27.4 Å². The standard InChI is InChI=1S/C40H52N4O5/c1-28-16-18-33(19-17-28)40(48)49-37(39(47)42(5)35-27-44(23-21-30(35)3)25-32-14-10-7-11-15-32)36(45)38(46)41(4)34-26-43(22-20-29(34)2)24-31-12-8-6-9-13-31/h6-19,29-30,34-37,45H,20-27H2,1-5H3/t29-,30-,34+,35+,36-,37+/m0/s1. The highest BCUT2D eigenvalue weighted by Gasteiger charge is 2.44. The predicted molar refractivity (Wildman–Crippen MR) is 191 cm³/mol. The number of nitrogens with zero attached hydrogens (tertiary/aromatic N) is 4. The zero-order valence-electron chi connectivity index (χ0n) is 29.6. The smallest absolute Gasteiger partial charge is 0.339 e. The molecule has 0 spiro atoms. The monoisotopic (exact) mass is 668 g/mol. The molecule has 49 heavy (non-hydrogen) atoms. The van der Waals surface area contributed by atoms with Crippen molar-refractivity contribution in [3.8, 4) is 0 Å². The number of likely N-dealkylation sites (N-methyl/N-ethyl adjacent to an activating group) is 2. The molecule has 2 saturated heterocycles. The number of ether oxygens (including phenoxy) is 1. The number of aliphatic hydroxyl groups is 1. The van der Waals surface area contributed by atoms with Gasteiger partial charge in [0.2, 0.25) is 6.10 Å². The Morgan fingerprint density at radius 1 is 0.735 bits per heavy atom. The third kappa shape index (κ3) is 9.15. The highest BCUT2D eigenvalue weighted by Crippen LogP contribution is 2.27. The molecule has 0 aromatic heterocycles. The number of likely N-dealkylation sites (tertiary alicyclic amines) is 2. The van der Waals surface area contributed by atoms with Crippen LogP contribution in [0.3, 0.4) is 0 Å². The molecule has 3 aromatic carbocycles. The lowest BCUT2D eigenvalue weighted by atomic mass is 9.91. The molecule has 2 aliphatic heterocycles. The Morgan fingerprint density at radius 3 is 1.65 bits per heavy atom. The number of benzene rings is 3. The predicted octanol–water partition coefficient (Wildman–Crippen LogP) is 4.62. The number of hydrogen-bond acceptors (Lipinski definition) is 7. The van der Waals surface area contributed by atoms with Crippen LogP contribution >= 0.6 is 0 Å². The third-order valence-corrected chi connectivity index (χ3v) is 10.5. The SMILES string of the molecule is Cc1ccc(C(=O)O[C@@H](C(=O)N(C)[C@@H]2CN(Cc3ccccc3)CC[C@@H]2C)[C@H](O)C(=O)N(C)[C@@H]2CN(Cc3ccccc3)CC[C@@H]2C)cc1. The molecule has 2 fully saturated rings. The van der Waals surface area contributed by atoms with Gasteiger partial charge in [-0.25, -0.2) is 4.79 Å². The normalized spacial score (nSPS) is 22.9. The van der Waals surface area contributed by atoms with Gasteiger partial charge in [-0.15, -0.1) is 0 Å². The van der Waals surface area contributed by atoms with Gasteiger partial charge < -0.3 is 19.6 Å². The van der Waals surface area contributed by atoms with E-state index >= 15 is 0 Å². The van der Waals surface area contributed by atoms with E-state index in [9.17, 15) is 19.5 Å². The summed E-state index contributed by atoms with van der Waals surface area (Å²) in [5.74, 6) is -1.63. The molecule has 3 aromatic rings. The van der Waals surface area contributed by atoms with Crippen LogP contribution in [0.15, 0.2) is 84.9 Å². The zero-order chi connectivity index (χ0) is 35.1. The van der Waals surface area contributed by atoms with E-state index in [2.05, 4.69) is 47.9 Å². The largest absolute Gasteiger partial charge is 0.445 e. The molecule has 1 N–H and O–H groups in total. The highest BCUT2D eigenvalue weighted by molar-refractivity contribution is 5.96. The molecule has 9 heteroatoms. The average Bonchev–Trinajstić information content (AvgIpc) is 3.11. The molecule has 2 heterocycles. The summed E-state index contributed by atoms with van der Waals surface area (Å²) in [6.45, 7) is 10.7. The highest BCUT2D eigenvalue weighted by atomic mass is 16.6. The van der Waals surface area contributed by atoms with E-state index in [1.807, 2.05) is 43.3 Å². The molecule has 0 saturated carbocycles. The summed E-state index contributed by atoms with van der Waals surface area (Å²) < 4.78 is 5.80. The Bertz CT molecular complexity index is 1540. The maximum absolute atomic E-state index is 14.3. The molecule has 262 valence electrons. The van der Waals surface area contributed by atoms with Crippen LogP contribution in [0.4, 0.5) is 0 Å². The minimum Gasteiger partial charge on any atom is -0.445 e. The number of hydrogen-bond donors (Lipinski definition) is 1. The second-order valence-corrected chi connectivity index (χ2v) is 14.1. The first-order valence-corrected chi connectivity index (χ1v) is 17.5. The van der Waals surface area contributed by atoms with Crippen LogP contribution in [-0.4, -0.2) is 107 Å². The Kier molecular flexibility index (Phi) is 12.3. The number of amides is 2. The first kappa shape index (κ1) is 36.2. The van der Waals surface area contributed by atoms with Crippen LogP contribution in [0.1, 0.15) is 53.7 Å². The van der Waals surface area contributed by atoms with E-state index in [1.54, 1.807) is 48.2 Å². The van der Waals surface area contributed by atoms with Gasteiger partial charge in [0.1, 0.15) is 0 Å². The Hall–Kier alpha value is -4.05. The van der Waals surface area contributed by atoms with Gasteiger partial charge >= 0.3 is 5.97 Å². The van der Waals surface area contributed by atoms with Crippen LogP contribution in [0.5, 0.6) is 0 Å². The maximum Gasteiger partial charge on any atom is 0.339 e. The molecule has 0 radical (unpaired) electrons. The van der Waals surface area contributed by atoms with Gasteiger partial charge in [-0.2, -0.15) is 0 Å². The van der Waals surface area contributed by atoms with E-state index in [0.717, 1.165) is 44.6 Å². The van der Waals surface area contributed by atoms with Gasteiger partial charge in [0.15, 0.2) is 6.10 Å². The second kappa shape index (κ2) is 16.6. The molecule has 9 nitrogen and oxygen atoms in total. The number of esters is 1. The van der Waals surface area contributed by atoms with Gasteiger partial charge in [-0.05, 0) is 68.0 Å². The van der Waals surface area contributed by atoms with Crippen molar-refractivity contribution < 1.29 is 24.2 Å². The third-order valence-electron chi connectivity index (χ3n) is 10.5. The quantitative estimate of drug-likeness (QED) is 0.298. The number of aliphatic hydroxyl groups excluding tert-OH is 1. The van der Waals surface area contributed by atoms with Crippen molar-refractivity contribution in [1.29, 1.82) is 0 Å². The van der Waals surface area contributed by atoms with E-state index < -0.39 is 30.0 Å². The number of carbonyl (C=O) groups excluding carboxylic acids is 3. The van der Waals surface area contributed by atoms with Crippen molar-refractivity contribution in [2.45, 2.75) is 71.0 Å². The van der Waals surface area contributed by atoms with Crippen molar-refractivity contribution in [2.75, 3.05) is 40.3 Å². The van der Waals surface area contributed by atoms with E-state index in [4.69, 9.17) is 4.74 Å². The van der Waals surface area contributed by atoms with Crippen LogP contribution < -0.4 is 0 Å². The minimum atomic E-state index is -1.87. The lowest BCUT2D eigenvalue weighted by molar-refractivity contribution is -0.162. The molecule has 6 atom stereocenters. The number of rotatable bonds is 11. The Balaban J connectivity index is 1.34. The molecule has 0 bridgehead atoms. The topological polar surface area (TPSA) is 93.6 Å². The fourth-order valence-electron chi connectivity index (χ4n) is 7.20. The molecule has 2 aliphatic rings. The molecular weight excluding hydrogens is 616 g/mol. The summed E-state index contributed by atoms with van der Waals surface area (Å²) in [7, 11) is 3.37.